The minimum absolute atomic E-state index is 0.0650. The Labute approximate surface area is 175 Å². The Morgan fingerprint density at radius 2 is 1.90 bits per heavy atom. The number of rotatable bonds is 8. The molecule has 0 aliphatic heterocycles. The number of terminal acetylenes is 1. The first-order valence-electron chi connectivity index (χ1n) is 9.82. The predicted molar refractivity (Wildman–Crippen MR) is 118 cm³/mol. The van der Waals surface area contributed by atoms with Crippen molar-refractivity contribution >= 4 is 22.5 Å². The van der Waals surface area contributed by atoms with Gasteiger partial charge in [0.15, 0.2) is 0 Å². The second-order valence-corrected chi connectivity index (χ2v) is 6.69. The lowest BCUT2D eigenvalue weighted by Gasteiger charge is -2.11. The number of nitrogens with one attached hydrogen (secondary N) is 2. The number of ether oxygens (including phenoxy) is 1. The third kappa shape index (κ3) is 5.17. The van der Waals surface area contributed by atoms with Crippen LogP contribution >= 0.6 is 0 Å². The molecule has 0 radical (unpaired) electrons. The molecule has 0 fully saturated rings. The molecule has 2 amide bonds. The molecule has 2 aromatic carbocycles. The quantitative estimate of drug-likeness (QED) is 0.444. The number of benzene rings is 2. The van der Waals surface area contributed by atoms with Crippen LogP contribution < -0.4 is 20.9 Å². The maximum atomic E-state index is 12.5. The molecular weight excluding hydrogens is 380 g/mol. The SMILES string of the molecule is C#CCn1nc(CNC(=O)Nc2ccc(OCCCC)cc2)c2ccccc2c1=O. The van der Waals surface area contributed by atoms with Gasteiger partial charge >= 0.3 is 6.03 Å². The van der Waals surface area contributed by atoms with Crippen molar-refractivity contribution in [3.8, 4) is 18.1 Å². The van der Waals surface area contributed by atoms with Gasteiger partial charge in [-0.2, -0.15) is 5.10 Å². The largest absolute Gasteiger partial charge is 0.494 e. The van der Waals surface area contributed by atoms with Gasteiger partial charge in [0, 0.05) is 11.1 Å². The molecule has 1 heterocycles. The zero-order valence-electron chi connectivity index (χ0n) is 16.9. The van der Waals surface area contributed by atoms with Crippen LogP contribution in [-0.2, 0) is 13.1 Å². The van der Waals surface area contributed by atoms with E-state index in [1.54, 1.807) is 30.3 Å². The van der Waals surface area contributed by atoms with Crippen molar-refractivity contribution in [1.29, 1.82) is 0 Å². The fourth-order valence-electron chi connectivity index (χ4n) is 2.94. The van der Waals surface area contributed by atoms with Crippen LogP contribution in [0.2, 0.25) is 0 Å². The molecule has 0 aliphatic carbocycles. The summed E-state index contributed by atoms with van der Waals surface area (Å²) in [4.78, 5) is 24.8. The second kappa shape index (κ2) is 10.1. The van der Waals surface area contributed by atoms with E-state index in [2.05, 4.69) is 28.6 Å². The highest BCUT2D eigenvalue weighted by Gasteiger charge is 2.11. The molecule has 0 bridgehead atoms. The molecule has 154 valence electrons. The number of carbonyl (C=O) groups excluding carboxylic acids is 1. The summed E-state index contributed by atoms with van der Waals surface area (Å²) in [5, 5.41) is 11.1. The van der Waals surface area contributed by atoms with E-state index in [4.69, 9.17) is 11.2 Å². The summed E-state index contributed by atoms with van der Waals surface area (Å²) < 4.78 is 6.85. The van der Waals surface area contributed by atoms with Gasteiger partial charge in [0.1, 0.15) is 12.3 Å². The number of urea groups is 1. The molecule has 30 heavy (non-hydrogen) atoms. The highest BCUT2D eigenvalue weighted by Crippen LogP contribution is 2.16. The van der Waals surface area contributed by atoms with Crippen molar-refractivity contribution in [3.05, 3.63) is 64.6 Å². The third-order valence-electron chi connectivity index (χ3n) is 4.48. The number of amides is 2. The molecule has 2 N–H and O–H groups in total. The van der Waals surface area contributed by atoms with Gasteiger partial charge in [0.25, 0.3) is 5.56 Å². The first-order chi connectivity index (χ1) is 14.6. The van der Waals surface area contributed by atoms with Crippen molar-refractivity contribution in [1.82, 2.24) is 15.1 Å². The topological polar surface area (TPSA) is 85.2 Å². The minimum atomic E-state index is -0.379. The molecule has 7 heteroatoms. The summed E-state index contributed by atoms with van der Waals surface area (Å²) in [5.41, 5.74) is 0.957. The maximum Gasteiger partial charge on any atom is 0.319 e. The van der Waals surface area contributed by atoms with Gasteiger partial charge in [-0.3, -0.25) is 4.79 Å². The van der Waals surface area contributed by atoms with Gasteiger partial charge in [0.2, 0.25) is 0 Å². The molecule has 0 unspecified atom stereocenters. The summed E-state index contributed by atoms with van der Waals surface area (Å²) in [5.74, 6) is 3.19. The summed E-state index contributed by atoms with van der Waals surface area (Å²) >= 11 is 0. The monoisotopic (exact) mass is 404 g/mol. The Kier molecular flexibility index (Phi) is 7.06. The number of nitrogens with zero attached hydrogens (tertiary/aromatic N) is 2. The maximum absolute atomic E-state index is 12.5. The Hall–Kier alpha value is -3.79. The van der Waals surface area contributed by atoms with Gasteiger partial charge in [-0.25, -0.2) is 9.48 Å². The van der Waals surface area contributed by atoms with E-state index < -0.39 is 0 Å². The highest BCUT2D eigenvalue weighted by atomic mass is 16.5. The minimum Gasteiger partial charge on any atom is -0.494 e. The van der Waals surface area contributed by atoms with Crippen LogP contribution in [-0.4, -0.2) is 22.4 Å². The average Bonchev–Trinajstić information content (AvgIpc) is 2.76. The van der Waals surface area contributed by atoms with Gasteiger partial charge in [-0.15, -0.1) is 6.42 Å². The van der Waals surface area contributed by atoms with Crippen LogP contribution in [0.15, 0.2) is 53.3 Å². The Morgan fingerprint density at radius 1 is 1.17 bits per heavy atom. The Bertz CT molecular complexity index is 1110. The van der Waals surface area contributed by atoms with Crippen LogP contribution in [0.1, 0.15) is 25.5 Å². The lowest BCUT2D eigenvalue weighted by molar-refractivity contribution is 0.251. The van der Waals surface area contributed by atoms with E-state index in [9.17, 15) is 9.59 Å². The van der Waals surface area contributed by atoms with E-state index in [0.29, 0.717) is 28.8 Å². The normalized spacial score (nSPS) is 10.4. The van der Waals surface area contributed by atoms with Gasteiger partial charge in [-0.05, 0) is 36.8 Å². The molecule has 0 saturated heterocycles. The first kappa shape index (κ1) is 20.9. The van der Waals surface area contributed by atoms with Gasteiger partial charge in [-0.1, -0.05) is 37.5 Å². The van der Waals surface area contributed by atoms with Crippen LogP contribution in [0.25, 0.3) is 10.8 Å². The standard InChI is InChI=1S/C23H24N4O3/c1-3-5-15-30-18-12-10-17(11-13-18)25-23(29)24-16-21-19-8-6-7-9-20(19)22(28)27(26-21)14-4-2/h2,6-13H,3,5,14-16H2,1H3,(H2,24,25,29). The zero-order valence-corrected chi connectivity index (χ0v) is 16.9. The molecule has 3 aromatic rings. The fourth-order valence-corrected chi connectivity index (χ4v) is 2.94. The average molecular weight is 404 g/mol. The van der Waals surface area contributed by atoms with E-state index in [1.165, 1.54) is 4.68 Å². The molecule has 3 rings (SSSR count). The number of hydrogen-bond donors (Lipinski definition) is 2. The molecule has 0 atom stereocenters. The number of fused-ring (bicyclic) bond motifs is 1. The van der Waals surface area contributed by atoms with Crippen LogP contribution in [0.5, 0.6) is 5.75 Å². The zero-order chi connectivity index (χ0) is 21.3. The number of unbranched alkanes of at least 4 members (excludes halogenated alkanes) is 1. The summed E-state index contributed by atoms with van der Waals surface area (Å²) in [6.45, 7) is 2.99. The van der Waals surface area contributed by atoms with Crippen molar-refractivity contribution in [2.75, 3.05) is 11.9 Å². The lowest BCUT2D eigenvalue weighted by Crippen LogP contribution is -2.31. The molecule has 0 saturated carbocycles. The van der Waals surface area contributed by atoms with Crippen LogP contribution in [0.4, 0.5) is 10.5 Å². The molecular formula is C23H24N4O3. The Morgan fingerprint density at radius 3 is 2.60 bits per heavy atom. The summed E-state index contributed by atoms with van der Waals surface area (Å²) in [6.07, 6.45) is 7.41. The number of anilines is 1. The molecule has 0 aliphatic rings. The fraction of sp³-hybridized carbons (Fsp3) is 0.261. The number of hydrogen-bond acceptors (Lipinski definition) is 4. The highest BCUT2D eigenvalue weighted by molar-refractivity contribution is 5.90. The second-order valence-electron chi connectivity index (χ2n) is 6.69. The van der Waals surface area contributed by atoms with E-state index in [0.717, 1.165) is 18.6 Å². The summed E-state index contributed by atoms with van der Waals surface area (Å²) in [6, 6.07) is 13.9. The van der Waals surface area contributed by atoms with E-state index >= 15 is 0 Å². The number of aromatic nitrogens is 2. The smallest absolute Gasteiger partial charge is 0.319 e. The lowest BCUT2D eigenvalue weighted by atomic mass is 10.1. The van der Waals surface area contributed by atoms with Gasteiger partial charge < -0.3 is 15.4 Å². The van der Waals surface area contributed by atoms with Crippen molar-refractivity contribution in [2.24, 2.45) is 0 Å². The van der Waals surface area contributed by atoms with Crippen molar-refractivity contribution in [2.45, 2.75) is 32.9 Å². The Balaban J connectivity index is 1.66. The van der Waals surface area contributed by atoms with Crippen molar-refractivity contribution < 1.29 is 9.53 Å². The van der Waals surface area contributed by atoms with E-state index in [1.807, 2.05) is 18.2 Å². The summed E-state index contributed by atoms with van der Waals surface area (Å²) in [7, 11) is 0. The molecule has 0 spiro atoms. The number of carbonyl (C=O) groups is 1. The molecule has 1 aromatic heterocycles. The molecule has 7 nitrogen and oxygen atoms in total. The predicted octanol–water partition coefficient (Wildman–Crippen LogP) is 3.53. The van der Waals surface area contributed by atoms with Crippen molar-refractivity contribution in [3.63, 3.8) is 0 Å². The third-order valence-corrected chi connectivity index (χ3v) is 4.48. The van der Waals surface area contributed by atoms with Crippen LogP contribution in [0, 0.1) is 12.3 Å². The first-order valence-corrected chi connectivity index (χ1v) is 9.82. The van der Waals surface area contributed by atoms with Crippen LogP contribution in [0.3, 0.4) is 0 Å². The van der Waals surface area contributed by atoms with E-state index in [-0.39, 0.29) is 24.7 Å². The van der Waals surface area contributed by atoms with Gasteiger partial charge in [0.05, 0.1) is 24.2 Å².